The van der Waals surface area contributed by atoms with Crippen molar-refractivity contribution in [1.29, 1.82) is 0 Å². The van der Waals surface area contributed by atoms with E-state index in [-0.39, 0.29) is 23.5 Å². The summed E-state index contributed by atoms with van der Waals surface area (Å²) in [5, 5.41) is 0. The Morgan fingerprint density at radius 1 is 1.23 bits per heavy atom. The Morgan fingerprint density at radius 3 is 2.85 bits per heavy atom. The summed E-state index contributed by atoms with van der Waals surface area (Å²) in [6, 6.07) is 6.07. The molecule has 4 rings (SSSR count). The SMILES string of the molecule is O=C(c1cnco1)N1CCCC[C@@H]1c1ncc(Cc2ccc(F)cc2)o1. The molecule has 0 N–H and O–H groups in total. The smallest absolute Gasteiger partial charge is 0.291 e. The van der Waals surface area contributed by atoms with E-state index in [2.05, 4.69) is 9.97 Å². The van der Waals surface area contributed by atoms with Crippen LogP contribution in [0, 0.1) is 5.82 Å². The fraction of sp³-hybridized carbons (Fsp3) is 0.316. The molecule has 1 fully saturated rings. The zero-order valence-electron chi connectivity index (χ0n) is 14.1. The molecule has 26 heavy (non-hydrogen) atoms. The first kappa shape index (κ1) is 16.5. The number of carbonyl (C=O) groups excluding carboxylic acids is 1. The van der Waals surface area contributed by atoms with Gasteiger partial charge in [-0.15, -0.1) is 0 Å². The number of amides is 1. The lowest BCUT2D eigenvalue weighted by Gasteiger charge is -2.33. The first-order valence-electron chi connectivity index (χ1n) is 8.59. The normalized spacial score (nSPS) is 17.4. The molecule has 1 atom stereocenters. The Balaban J connectivity index is 1.52. The maximum Gasteiger partial charge on any atom is 0.291 e. The topological polar surface area (TPSA) is 72.4 Å². The van der Waals surface area contributed by atoms with Gasteiger partial charge in [0.05, 0.1) is 12.4 Å². The molecule has 1 aliphatic rings. The van der Waals surface area contributed by atoms with E-state index in [4.69, 9.17) is 8.83 Å². The molecule has 134 valence electrons. The molecule has 2 aromatic heterocycles. The average Bonchev–Trinajstić information content (AvgIpc) is 3.35. The number of nitrogens with zero attached hydrogens (tertiary/aromatic N) is 3. The molecule has 0 aliphatic carbocycles. The van der Waals surface area contributed by atoms with Crippen molar-refractivity contribution in [2.24, 2.45) is 0 Å². The summed E-state index contributed by atoms with van der Waals surface area (Å²) in [5.74, 6) is 0.954. The van der Waals surface area contributed by atoms with Crippen LogP contribution in [0.2, 0.25) is 0 Å². The maximum absolute atomic E-state index is 13.0. The second-order valence-electron chi connectivity index (χ2n) is 6.34. The molecule has 1 saturated heterocycles. The van der Waals surface area contributed by atoms with Gasteiger partial charge in [-0.3, -0.25) is 4.79 Å². The minimum atomic E-state index is -0.268. The van der Waals surface area contributed by atoms with E-state index in [1.807, 2.05) is 0 Å². The zero-order valence-corrected chi connectivity index (χ0v) is 14.1. The number of carbonyl (C=O) groups is 1. The van der Waals surface area contributed by atoms with Gasteiger partial charge in [-0.2, -0.15) is 0 Å². The summed E-state index contributed by atoms with van der Waals surface area (Å²) in [7, 11) is 0. The van der Waals surface area contributed by atoms with Gasteiger partial charge in [0.25, 0.3) is 5.91 Å². The molecular formula is C19H18FN3O3. The third kappa shape index (κ3) is 3.37. The summed E-state index contributed by atoms with van der Waals surface area (Å²) in [5.41, 5.74) is 0.937. The fourth-order valence-corrected chi connectivity index (χ4v) is 3.26. The van der Waals surface area contributed by atoms with E-state index < -0.39 is 0 Å². The number of piperidine rings is 1. The van der Waals surface area contributed by atoms with E-state index in [1.54, 1.807) is 23.2 Å². The fourth-order valence-electron chi connectivity index (χ4n) is 3.26. The highest BCUT2D eigenvalue weighted by Crippen LogP contribution is 2.32. The van der Waals surface area contributed by atoms with Crippen molar-refractivity contribution in [3.05, 3.63) is 71.8 Å². The lowest BCUT2D eigenvalue weighted by atomic mass is 10.0. The number of hydrogen-bond donors (Lipinski definition) is 0. The third-order valence-electron chi connectivity index (χ3n) is 4.55. The van der Waals surface area contributed by atoms with Crippen molar-refractivity contribution in [3.8, 4) is 0 Å². The van der Waals surface area contributed by atoms with E-state index in [9.17, 15) is 9.18 Å². The van der Waals surface area contributed by atoms with Crippen LogP contribution in [0.3, 0.4) is 0 Å². The lowest BCUT2D eigenvalue weighted by molar-refractivity contribution is 0.0538. The van der Waals surface area contributed by atoms with Gasteiger partial charge < -0.3 is 13.7 Å². The third-order valence-corrected chi connectivity index (χ3v) is 4.55. The van der Waals surface area contributed by atoms with Crippen LogP contribution >= 0.6 is 0 Å². The largest absolute Gasteiger partial charge is 0.443 e. The highest BCUT2D eigenvalue weighted by atomic mass is 19.1. The van der Waals surface area contributed by atoms with Crippen LogP contribution in [-0.4, -0.2) is 27.3 Å². The van der Waals surface area contributed by atoms with Crippen molar-refractivity contribution >= 4 is 5.91 Å². The van der Waals surface area contributed by atoms with Crippen molar-refractivity contribution in [2.45, 2.75) is 31.7 Å². The molecule has 0 spiro atoms. The summed E-state index contributed by atoms with van der Waals surface area (Å²) in [6.07, 6.45) is 7.58. The summed E-state index contributed by atoms with van der Waals surface area (Å²) in [4.78, 5) is 22.6. The van der Waals surface area contributed by atoms with Gasteiger partial charge in [0.2, 0.25) is 11.7 Å². The molecule has 3 aromatic rings. The van der Waals surface area contributed by atoms with Crippen molar-refractivity contribution < 1.29 is 18.0 Å². The maximum atomic E-state index is 13.0. The predicted molar refractivity (Wildman–Crippen MR) is 89.8 cm³/mol. The van der Waals surface area contributed by atoms with Crippen LogP contribution in [0.1, 0.15) is 53.1 Å². The number of aromatic nitrogens is 2. The van der Waals surface area contributed by atoms with Gasteiger partial charge in [0, 0.05) is 13.0 Å². The number of oxazole rings is 2. The van der Waals surface area contributed by atoms with Crippen LogP contribution in [-0.2, 0) is 6.42 Å². The summed E-state index contributed by atoms with van der Waals surface area (Å²) >= 11 is 0. The van der Waals surface area contributed by atoms with E-state index in [0.29, 0.717) is 24.6 Å². The Labute approximate surface area is 149 Å². The van der Waals surface area contributed by atoms with Gasteiger partial charge in [-0.1, -0.05) is 12.1 Å². The Bertz CT molecular complexity index is 874. The molecular weight excluding hydrogens is 337 g/mol. The number of likely N-dealkylation sites (tertiary alicyclic amines) is 1. The molecule has 6 nitrogen and oxygen atoms in total. The summed E-state index contributed by atoms with van der Waals surface area (Å²) < 4.78 is 24.1. The van der Waals surface area contributed by atoms with Gasteiger partial charge in [-0.25, -0.2) is 14.4 Å². The van der Waals surface area contributed by atoms with Gasteiger partial charge >= 0.3 is 0 Å². The molecule has 1 aromatic carbocycles. The van der Waals surface area contributed by atoms with Crippen LogP contribution < -0.4 is 0 Å². The lowest BCUT2D eigenvalue weighted by Crippen LogP contribution is -2.38. The van der Waals surface area contributed by atoms with Crippen LogP contribution in [0.15, 0.2) is 51.9 Å². The van der Waals surface area contributed by atoms with Gasteiger partial charge in [0.1, 0.15) is 17.6 Å². The monoisotopic (exact) mass is 355 g/mol. The molecule has 0 unspecified atom stereocenters. The molecule has 1 amide bonds. The number of rotatable bonds is 4. The standard InChI is InChI=1S/C19H18FN3O3/c20-14-6-4-13(5-7-14)9-15-10-22-18(26-15)16-3-1-2-8-23(16)19(24)17-11-21-12-25-17/h4-7,10-12,16H,1-3,8-9H2/t16-/m1/s1. The number of hydrogen-bond acceptors (Lipinski definition) is 5. The van der Waals surface area contributed by atoms with Crippen LogP contribution in [0.5, 0.6) is 0 Å². The highest BCUT2D eigenvalue weighted by molar-refractivity contribution is 5.91. The zero-order chi connectivity index (χ0) is 17.9. The average molecular weight is 355 g/mol. The quantitative estimate of drug-likeness (QED) is 0.712. The molecule has 3 heterocycles. The molecule has 0 radical (unpaired) electrons. The Morgan fingerprint density at radius 2 is 2.08 bits per heavy atom. The second kappa shape index (κ2) is 7.11. The molecule has 0 bridgehead atoms. The van der Waals surface area contributed by atoms with Crippen molar-refractivity contribution in [3.63, 3.8) is 0 Å². The second-order valence-corrected chi connectivity index (χ2v) is 6.34. The first-order valence-corrected chi connectivity index (χ1v) is 8.59. The number of halogens is 1. The molecule has 1 aliphatic heterocycles. The molecule has 0 saturated carbocycles. The van der Waals surface area contributed by atoms with Crippen molar-refractivity contribution in [2.75, 3.05) is 6.54 Å². The van der Waals surface area contributed by atoms with Gasteiger partial charge in [-0.05, 0) is 37.0 Å². The Hall–Kier alpha value is -2.96. The van der Waals surface area contributed by atoms with E-state index in [1.165, 1.54) is 24.7 Å². The minimum absolute atomic E-state index is 0.203. The minimum Gasteiger partial charge on any atom is -0.443 e. The number of benzene rings is 1. The summed E-state index contributed by atoms with van der Waals surface area (Å²) in [6.45, 7) is 0.625. The van der Waals surface area contributed by atoms with E-state index in [0.717, 1.165) is 24.8 Å². The van der Waals surface area contributed by atoms with Crippen molar-refractivity contribution in [1.82, 2.24) is 14.9 Å². The highest BCUT2D eigenvalue weighted by Gasteiger charge is 2.33. The molecule has 7 heteroatoms. The van der Waals surface area contributed by atoms with Crippen LogP contribution in [0.25, 0.3) is 0 Å². The predicted octanol–water partition coefficient (Wildman–Crippen LogP) is 3.76. The van der Waals surface area contributed by atoms with E-state index >= 15 is 0 Å². The van der Waals surface area contributed by atoms with Crippen LogP contribution in [0.4, 0.5) is 4.39 Å². The Kier molecular flexibility index (Phi) is 4.51. The first-order chi connectivity index (χ1) is 12.7. The van der Waals surface area contributed by atoms with Gasteiger partial charge in [0.15, 0.2) is 6.39 Å².